The first-order valence-corrected chi connectivity index (χ1v) is 7.49. The molecule has 0 saturated heterocycles. The summed E-state index contributed by atoms with van der Waals surface area (Å²) in [6, 6.07) is 5.18. The van der Waals surface area contributed by atoms with E-state index in [0.29, 0.717) is 11.4 Å². The number of nitrogens with one attached hydrogen (secondary N) is 1. The number of carboxylic acid groups (broad SMARTS) is 1. The van der Waals surface area contributed by atoms with E-state index < -0.39 is 5.97 Å². The highest BCUT2D eigenvalue weighted by Gasteiger charge is 2.13. The second kappa shape index (κ2) is 7.94. The Kier molecular flexibility index (Phi) is 6.56. The van der Waals surface area contributed by atoms with Crippen LogP contribution in [-0.4, -0.2) is 35.7 Å². The predicted molar refractivity (Wildman–Crippen MR) is 80.7 cm³/mol. The number of carbonyl (C=O) groups is 1. The van der Waals surface area contributed by atoms with Crippen LogP contribution in [0.5, 0.6) is 5.75 Å². The lowest BCUT2D eigenvalue weighted by Crippen LogP contribution is -2.18. The Bertz CT molecular complexity index is 423. The zero-order chi connectivity index (χ0) is 14.3. The van der Waals surface area contributed by atoms with Crippen molar-refractivity contribution in [3.8, 4) is 5.75 Å². The van der Waals surface area contributed by atoms with Gasteiger partial charge >= 0.3 is 5.97 Å². The van der Waals surface area contributed by atoms with Crippen LogP contribution in [0.4, 0.5) is 5.69 Å². The van der Waals surface area contributed by atoms with Crippen molar-refractivity contribution in [3.63, 3.8) is 0 Å². The number of methoxy groups -OCH3 is 1. The molecule has 1 aromatic rings. The highest BCUT2D eigenvalue weighted by molar-refractivity contribution is 7.99. The molecule has 5 heteroatoms. The van der Waals surface area contributed by atoms with Crippen LogP contribution < -0.4 is 10.1 Å². The lowest BCUT2D eigenvalue weighted by Gasteiger charge is -2.17. The maximum Gasteiger partial charge on any atom is 0.337 e. The van der Waals surface area contributed by atoms with Gasteiger partial charge in [0.05, 0.1) is 18.4 Å². The first-order valence-electron chi connectivity index (χ1n) is 6.34. The molecule has 1 unspecified atom stereocenters. The van der Waals surface area contributed by atoms with E-state index in [2.05, 4.69) is 19.2 Å². The van der Waals surface area contributed by atoms with Crippen LogP contribution >= 0.6 is 11.8 Å². The second-order valence-electron chi connectivity index (χ2n) is 4.25. The van der Waals surface area contributed by atoms with E-state index in [4.69, 9.17) is 4.74 Å². The topological polar surface area (TPSA) is 58.6 Å². The molecule has 1 atom stereocenters. The van der Waals surface area contributed by atoms with Crippen LogP contribution in [0, 0.1) is 0 Å². The minimum absolute atomic E-state index is 0.226. The third kappa shape index (κ3) is 5.03. The molecule has 19 heavy (non-hydrogen) atoms. The van der Waals surface area contributed by atoms with Gasteiger partial charge in [0.2, 0.25) is 0 Å². The van der Waals surface area contributed by atoms with Crippen molar-refractivity contribution in [1.29, 1.82) is 0 Å². The predicted octanol–water partition coefficient (Wildman–Crippen LogP) is 3.34. The van der Waals surface area contributed by atoms with Crippen molar-refractivity contribution in [1.82, 2.24) is 0 Å². The molecule has 0 saturated carbocycles. The van der Waals surface area contributed by atoms with Crippen LogP contribution in [0.15, 0.2) is 18.2 Å². The van der Waals surface area contributed by atoms with Crippen molar-refractivity contribution in [2.75, 3.05) is 23.9 Å². The molecule has 0 radical (unpaired) electrons. The number of thioether (sulfide) groups is 1. The van der Waals surface area contributed by atoms with Gasteiger partial charge < -0.3 is 15.2 Å². The van der Waals surface area contributed by atoms with Crippen LogP contribution in [0.1, 0.15) is 30.6 Å². The van der Waals surface area contributed by atoms with E-state index in [0.717, 1.165) is 17.9 Å². The largest absolute Gasteiger partial charge is 0.497 e. The lowest BCUT2D eigenvalue weighted by atomic mass is 10.1. The van der Waals surface area contributed by atoms with Gasteiger partial charge in [0.15, 0.2) is 0 Å². The highest BCUT2D eigenvalue weighted by atomic mass is 32.2. The van der Waals surface area contributed by atoms with Gasteiger partial charge in [0.25, 0.3) is 0 Å². The van der Waals surface area contributed by atoms with Crippen LogP contribution in [-0.2, 0) is 0 Å². The van der Waals surface area contributed by atoms with Gasteiger partial charge in [0, 0.05) is 12.1 Å². The van der Waals surface area contributed by atoms with Gasteiger partial charge in [-0.1, -0.05) is 6.92 Å². The van der Waals surface area contributed by atoms with Crippen LogP contribution in [0.25, 0.3) is 0 Å². The summed E-state index contributed by atoms with van der Waals surface area (Å²) in [7, 11) is 1.57. The first-order chi connectivity index (χ1) is 9.08. The molecule has 0 bridgehead atoms. The number of ether oxygens (including phenoxy) is 1. The zero-order valence-corrected chi connectivity index (χ0v) is 12.4. The Morgan fingerprint density at radius 3 is 2.84 bits per heavy atom. The zero-order valence-electron chi connectivity index (χ0n) is 11.6. The van der Waals surface area contributed by atoms with Crippen molar-refractivity contribution in [2.45, 2.75) is 26.3 Å². The molecular formula is C14H21NO3S. The molecule has 0 aliphatic carbocycles. The maximum absolute atomic E-state index is 11.2. The van der Waals surface area contributed by atoms with E-state index >= 15 is 0 Å². The fourth-order valence-electron chi connectivity index (χ4n) is 1.70. The van der Waals surface area contributed by atoms with Gasteiger partial charge in [-0.3, -0.25) is 0 Å². The molecule has 0 fully saturated rings. The monoisotopic (exact) mass is 283 g/mol. The van der Waals surface area contributed by atoms with Gasteiger partial charge in [-0.15, -0.1) is 0 Å². The van der Waals surface area contributed by atoms with E-state index in [9.17, 15) is 9.90 Å². The van der Waals surface area contributed by atoms with Crippen LogP contribution in [0.3, 0.4) is 0 Å². The van der Waals surface area contributed by atoms with Crippen molar-refractivity contribution in [3.05, 3.63) is 23.8 Å². The molecule has 0 amide bonds. The second-order valence-corrected chi connectivity index (χ2v) is 5.64. The number of aromatic carboxylic acids is 1. The van der Waals surface area contributed by atoms with E-state index in [1.807, 2.05) is 11.8 Å². The molecule has 1 rings (SSSR count). The first kappa shape index (κ1) is 15.7. The summed E-state index contributed by atoms with van der Waals surface area (Å²) in [5.41, 5.74) is 0.886. The fourth-order valence-corrected chi connectivity index (χ4v) is 2.51. The molecule has 0 aromatic heterocycles. The lowest BCUT2D eigenvalue weighted by molar-refractivity contribution is 0.0698. The van der Waals surface area contributed by atoms with Gasteiger partial charge in [-0.25, -0.2) is 4.79 Å². The Hall–Kier alpha value is -1.36. The Morgan fingerprint density at radius 1 is 1.53 bits per heavy atom. The fraction of sp³-hybridized carbons (Fsp3) is 0.500. The minimum Gasteiger partial charge on any atom is -0.497 e. The average molecular weight is 283 g/mol. The Morgan fingerprint density at radius 2 is 2.26 bits per heavy atom. The van der Waals surface area contributed by atoms with Crippen LogP contribution in [0.2, 0.25) is 0 Å². The molecule has 0 aliphatic rings. The van der Waals surface area contributed by atoms with Gasteiger partial charge in [0.1, 0.15) is 5.75 Å². The van der Waals surface area contributed by atoms with E-state index in [1.54, 1.807) is 25.3 Å². The molecule has 106 valence electrons. The maximum atomic E-state index is 11.2. The van der Waals surface area contributed by atoms with E-state index in [1.165, 1.54) is 0 Å². The number of hydrogen-bond acceptors (Lipinski definition) is 4. The van der Waals surface area contributed by atoms with E-state index in [-0.39, 0.29) is 11.6 Å². The molecule has 0 aliphatic heterocycles. The van der Waals surface area contributed by atoms with Crippen molar-refractivity contribution >= 4 is 23.4 Å². The Balaban J connectivity index is 2.76. The number of benzene rings is 1. The van der Waals surface area contributed by atoms with Crippen molar-refractivity contribution < 1.29 is 14.6 Å². The minimum atomic E-state index is -0.930. The molecular weight excluding hydrogens is 262 g/mol. The summed E-state index contributed by atoms with van der Waals surface area (Å²) < 4.78 is 5.13. The summed E-state index contributed by atoms with van der Waals surface area (Å²) >= 11 is 1.88. The number of carboxylic acids is 1. The number of anilines is 1. The van der Waals surface area contributed by atoms with Gasteiger partial charge in [-0.2, -0.15) is 11.8 Å². The highest BCUT2D eigenvalue weighted by Crippen LogP contribution is 2.24. The molecule has 0 spiro atoms. The third-order valence-corrected chi connectivity index (χ3v) is 3.69. The quantitative estimate of drug-likeness (QED) is 0.717. The number of hydrogen-bond donors (Lipinski definition) is 2. The Labute approximate surface area is 118 Å². The summed E-state index contributed by atoms with van der Waals surface area (Å²) in [5, 5.41) is 12.4. The molecule has 1 aromatic carbocycles. The summed E-state index contributed by atoms with van der Waals surface area (Å²) in [5.74, 6) is 1.89. The molecule has 4 nitrogen and oxygen atoms in total. The average Bonchev–Trinajstić information content (AvgIpc) is 2.38. The molecule has 2 N–H and O–H groups in total. The normalized spacial score (nSPS) is 11.9. The molecule has 0 heterocycles. The smallest absolute Gasteiger partial charge is 0.337 e. The number of rotatable bonds is 8. The van der Waals surface area contributed by atoms with Gasteiger partial charge in [-0.05, 0) is 37.0 Å². The third-order valence-electron chi connectivity index (χ3n) is 2.76. The summed E-state index contributed by atoms with van der Waals surface area (Å²) in [4.78, 5) is 11.2. The van der Waals surface area contributed by atoms with Crippen molar-refractivity contribution in [2.24, 2.45) is 0 Å². The summed E-state index contributed by atoms with van der Waals surface area (Å²) in [6.45, 7) is 4.19. The SMILES string of the molecule is CCSCCC(C)Nc1cc(OC)ccc1C(=O)O. The summed E-state index contributed by atoms with van der Waals surface area (Å²) in [6.07, 6.45) is 0.995. The standard InChI is InChI=1S/C14H21NO3S/c1-4-19-8-7-10(2)15-13-9-11(18-3)5-6-12(13)14(16)17/h5-6,9-10,15H,4,7-8H2,1-3H3,(H,16,17).